The Morgan fingerprint density at radius 3 is 2.89 bits per heavy atom. The Kier molecular flexibility index (Phi) is 4.18. The van der Waals surface area contributed by atoms with Crippen LogP contribution in [0.2, 0.25) is 0 Å². The number of nitroso groups, excluding NO2 is 1. The van der Waals surface area contributed by atoms with Crippen LogP contribution in [-0.4, -0.2) is 46.4 Å². The summed E-state index contributed by atoms with van der Waals surface area (Å²) in [6.45, 7) is 2.20. The summed E-state index contributed by atoms with van der Waals surface area (Å²) in [5, 5.41) is 2.87. The summed E-state index contributed by atoms with van der Waals surface area (Å²) in [6.07, 6.45) is 5.80. The minimum Gasteiger partial charge on any atom is -0.365 e. The number of hydrogen-bond acceptors (Lipinski definition) is 5. The molecule has 1 N–H and O–H groups in total. The lowest BCUT2D eigenvalue weighted by Gasteiger charge is -2.43. The van der Waals surface area contributed by atoms with E-state index in [1.807, 2.05) is 12.1 Å². The summed E-state index contributed by atoms with van der Waals surface area (Å²) in [7, 11) is 0. The van der Waals surface area contributed by atoms with Crippen LogP contribution >= 0.6 is 0 Å². The second-order valence-corrected chi connectivity index (χ2v) is 7.77. The van der Waals surface area contributed by atoms with Crippen molar-refractivity contribution in [1.29, 1.82) is 0 Å². The molecule has 5 rings (SSSR count). The number of carbonyl (C=O) groups is 1. The third-order valence-electron chi connectivity index (χ3n) is 5.67. The summed E-state index contributed by atoms with van der Waals surface area (Å²) in [4.78, 5) is 38.4. The van der Waals surface area contributed by atoms with Crippen molar-refractivity contribution in [2.75, 3.05) is 34.8 Å². The van der Waals surface area contributed by atoms with E-state index in [0.717, 1.165) is 49.2 Å². The van der Waals surface area contributed by atoms with Crippen molar-refractivity contribution in [2.45, 2.75) is 31.7 Å². The molecule has 2 amide bonds. The standard InChI is InChI=1S/C20H22N6O2/c27-20(22-17-5-1-2-10-21-17)26-15-4-3-11-24(13-15)16-8-9-18(23-19(16)26)25(28)12-14-6-7-14/h1-2,5,8-10,14-15H,3-4,6-7,11-13H2/p+1/t15-/m0/s1. The molecular weight excluding hydrogens is 356 g/mol. The van der Waals surface area contributed by atoms with E-state index >= 15 is 0 Å². The molecule has 1 atom stereocenters. The fourth-order valence-corrected chi connectivity index (χ4v) is 4.05. The zero-order valence-electron chi connectivity index (χ0n) is 15.6. The lowest BCUT2D eigenvalue weighted by Crippen LogP contribution is -2.56. The van der Waals surface area contributed by atoms with Crippen molar-refractivity contribution >= 4 is 29.2 Å². The highest BCUT2D eigenvalue weighted by Gasteiger charge is 2.42. The normalized spacial score (nSPS) is 20.5. The van der Waals surface area contributed by atoms with Crippen LogP contribution in [0.15, 0.2) is 36.5 Å². The molecule has 28 heavy (non-hydrogen) atoms. The molecule has 0 spiro atoms. The summed E-state index contributed by atoms with van der Waals surface area (Å²) in [6, 6.07) is 8.89. The van der Waals surface area contributed by atoms with Gasteiger partial charge in [0.1, 0.15) is 18.1 Å². The Bertz CT molecular complexity index is 914. The SMILES string of the molecule is O=C(Nc1ccccn1)N1c2nc([N+](=O)CC3CC3)ccc2N2CCC[C@H]1C2. The molecule has 1 saturated carbocycles. The maximum atomic E-state index is 13.1. The molecule has 0 aromatic carbocycles. The van der Waals surface area contributed by atoms with Crippen LogP contribution in [0.25, 0.3) is 0 Å². The first-order valence-corrected chi connectivity index (χ1v) is 9.91. The van der Waals surface area contributed by atoms with Gasteiger partial charge in [-0.05, 0) is 53.6 Å². The predicted octanol–water partition coefficient (Wildman–Crippen LogP) is 3.32. The second kappa shape index (κ2) is 6.85. The molecule has 3 aliphatic rings. The zero-order chi connectivity index (χ0) is 19.1. The van der Waals surface area contributed by atoms with E-state index in [1.54, 1.807) is 29.3 Å². The number of hydrogen-bond donors (Lipinski definition) is 1. The molecule has 0 unspecified atom stereocenters. The third kappa shape index (κ3) is 3.19. The van der Waals surface area contributed by atoms with E-state index in [0.29, 0.717) is 29.9 Å². The highest BCUT2D eigenvalue weighted by atomic mass is 16.3. The van der Waals surface area contributed by atoms with Crippen molar-refractivity contribution < 1.29 is 9.55 Å². The van der Waals surface area contributed by atoms with Gasteiger partial charge >= 0.3 is 11.8 Å². The molecule has 2 fully saturated rings. The van der Waals surface area contributed by atoms with Gasteiger partial charge in [-0.1, -0.05) is 11.0 Å². The molecule has 8 heteroatoms. The van der Waals surface area contributed by atoms with Crippen LogP contribution < -0.4 is 15.1 Å². The first kappa shape index (κ1) is 17.1. The highest BCUT2D eigenvalue weighted by Crippen LogP contribution is 2.39. The molecule has 4 heterocycles. The maximum Gasteiger partial charge on any atom is 0.363 e. The number of anilines is 3. The average molecular weight is 379 g/mol. The summed E-state index contributed by atoms with van der Waals surface area (Å²) >= 11 is 0. The Morgan fingerprint density at radius 1 is 1.21 bits per heavy atom. The number of nitrogens with one attached hydrogen (secondary N) is 1. The minimum atomic E-state index is -0.254. The molecular formula is C20H23N6O2+. The molecule has 1 aliphatic carbocycles. The molecule has 144 valence electrons. The lowest BCUT2D eigenvalue weighted by molar-refractivity contribution is -0.470. The predicted molar refractivity (Wildman–Crippen MR) is 106 cm³/mol. The quantitative estimate of drug-likeness (QED) is 0.824. The van der Waals surface area contributed by atoms with Gasteiger partial charge in [-0.15, -0.1) is 0 Å². The summed E-state index contributed by atoms with van der Waals surface area (Å²) in [5.74, 6) is 1.92. The third-order valence-corrected chi connectivity index (χ3v) is 5.67. The Hall–Kier alpha value is -3.03. The van der Waals surface area contributed by atoms with Gasteiger partial charge in [0.15, 0.2) is 0 Å². The largest absolute Gasteiger partial charge is 0.365 e. The Labute approximate surface area is 163 Å². The molecule has 2 aromatic rings. The number of amides is 2. The van der Waals surface area contributed by atoms with Crippen LogP contribution in [-0.2, 0) is 0 Å². The topological polar surface area (TPSA) is 81.4 Å². The first-order valence-electron chi connectivity index (χ1n) is 9.91. The molecule has 0 radical (unpaired) electrons. The van der Waals surface area contributed by atoms with Crippen LogP contribution in [0.4, 0.5) is 27.9 Å². The second-order valence-electron chi connectivity index (χ2n) is 7.77. The molecule has 2 aliphatic heterocycles. The molecule has 8 nitrogen and oxygen atoms in total. The van der Waals surface area contributed by atoms with Gasteiger partial charge in [0.05, 0.1) is 6.04 Å². The van der Waals surface area contributed by atoms with Crippen LogP contribution in [0.5, 0.6) is 0 Å². The monoisotopic (exact) mass is 379 g/mol. The van der Waals surface area contributed by atoms with Gasteiger partial charge in [-0.25, -0.2) is 9.78 Å². The number of rotatable bonds is 4. The van der Waals surface area contributed by atoms with Gasteiger partial charge < -0.3 is 4.90 Å². The fourth-order valence-electron chi connectivity index (χ4n) is 4.05. The van der Waals surface area contributed by atoms with Crippen LogP contribution in [0.1, 0.15) is 25.7 Å². The first-order chi connectivity index (χ1) is 13.7. The Morgan fingerprint density at radius 2 is 2.11 bits per heavy atom. The van der Waals surface area contributed by atoms with Crippen molar-refractivity contribution in [3.8, 4) is 0 Å². The number of fused-ring (bicyclic) bond motifs is 4. The van der Waals surface area contributed by atoms with Gasteiger partial charge in [0, 0.05) is 31.3 Å². The molecule has 2 aromatic heterocycles. The Balaban J connectivity index is 1.48. The van der Waals surface area contributed by atoms with Crippen molar-refractivity contribution in [2.24, 2.45) is 5.92 Å². The van der Waals surface area contributed by atoms with E-state index in [1.165, 1.54) is 0 Å². The van der Waals surface area contributed by atoms with E-state index < -0.39 is 0 Å². The summed E-state index contributed by atoms with van der Waals surface area (Å²) in [5.41, 5.74) is 0.913. The van der Waals surface area contributed by atoms with Gasteiger partial charge in [0.25, 0.3) is 5.82 Å². The van der Waals surface area contributed by atoms with E-state index in [2.05, 4.69) is 20.2 Å². The van der Waals surface area contributed by atoms with Crippen molar-refractivity contribution in [1.82, 2.24) is 9.97 Å². The number of piperidine rings is 1. The van der Waals surface area contributed by atoms with Gasteiger partial charge in [-0.3, -0.25) is 10.2 Å². The van der Waals surface area contributed by atoms with Crippen LogP contribution in [0, 0.1) is 10.8 Å². The maximum absolute atomic E-state index is 13.1. The van der Waals surface area contributed by atoms with Gasteiger partial charge in [-0.2, -0.15) is 0 Å². The zero-order valence-corrected chi connectivity index (χ0v) is 15.6. The minimum absolute atomic E-state index is 0.0382. The molecule has 1 saturated heterocycles. The lowest BCUT2D eigenvalue weighted by atomic mass is 10.00. The van der Waals surface area contributed by atoms with Crippen molar-refractivity contribution in [3.63, 3.8) is 0 Å². The molecule has 2 bridgehead atoms. The number of urea groups is 1. The van der Waals surface area contributed by atoms with E-state index in [-0.39, 0.29) is 12.1 Å². The van der Waals surface area contributed by atoms with Crippen molar-refractivity contribution in [3.05, 3.63) is 41.4 Å². The smallest absolute Gasteiger partial charge is 0.363 e. The summed E-state index contributed by atoms with van der Waals surface area (Å²) < 4.78 is 0.965. The number of aromatic nitrogens is 2. The number of carbonyl (C=O) groups excluding carboxylic acids is 1. The fraction of sp³-hybridized carbons (Fsp3) is 0.450. The highest BCUT2D eigenvalue weighted by molar-refractivity contribution is 6.04. The van der Waals surface area contributed by atoms with E-state index in [4.69, 9.17) is 0 Å². The van der Waals surface area contributed by atoms with E-state index in [9.17, 15) is 9.70 Å². The van der Waals surface area contributed by atoms with Crippen LogP contribution in [0.3, 0.4) is 0 Å². The average Bonchev–Trinajstić information content (AvgIpc) is 3.52. The number of pyridine rings is 2. The van der Waals surface area contributed by atoms with Gasteiger partial charge in [0.2, 0.25) is 0 Å². The number of nitrogens with zero attached hydrogens (tertiary/aromatic N) is 5.